The fraction of sp³-hybridized carbons (Fsp3) is 0.167. The lowest BCUT2D eigenvalue weighted by atomic mass is 10.3. The fourth-order valence-electron chi connectivity index (χ4n) is 1.79. The van der Waals surface area contributed by atoms with E-state index >= 15 is 0 Å². The predicted molar refractivity (Wildman–Crippen MR) is 93.0 cm³/mol. The summed E-state index contributed by atoms with van der Waals surface area (Å²) in [6, 6.07) is 14.6. The van der Waals surface area contributed by atoms with Crippen LogP contribution in [0, 0.1) is 0 Å². The Morgan fingerprint density at radius 2 is 1.96 bits per heavy atom. The summed E-state index contributed by atoms with van der Waals surface area (Å²) < 4.78 is 16.0. The van der Waals surface area contributed by atoms with E-state index in [0.717, 1.165) is 5.75 Å². The summed E-state index contributed by atoms with van der Waals surface area (Å²) in [6.07, 6.45) is 0.978. The average molecular weight is 348 g/mol. The molecule has 0 spiro atoms. The summed E-state index contributed by atoms with van der Waals surface area (Å²) >= 11 is 6.18. The molecule has 0 bridgehead atoms. The molecule has 126 valence electrons. The monoisotopic (exact) mass is 347 g/mol. The molecule has 0 aliphatic carbocycles. The van der Waals surface area contributed by atoms with E-state index in [9.17, 15) is 4.79 Å². The normalized spacial score (nSPS) is 9.88. The molecule has 0 saturated carbocycles. The number of carbonyl (C=O) groups is 1. The van der Waals surface area contributed by atoms with Gasteiger partial charge in [-0.1, -0.05) is 42.5 Å². The van der Waals surface area contributed by atoms with Gasteiger partial charge in [-0.15, -0.1) is 0 Å². The Hall–Kier alpha value is -2.66. The lowest BCUT2D eigenvalue weighted by molar-refractivity contribution is 0.156. The Labute approximate surface area is 145 Å². The van der Waals surface area contributed by atoms with Crippen LogP contribution in [0.25, 0.3) is 0 Å². The van der Waals surface area contributed by atoms with Crippen molar-refractivity contribution in [2.75, 3.05) is 19.8 Å². The third-order valence-electron chi connectivity index (χ3n) is 2.84. The molecule has 2 rings (SSSR count). The van der Waals surface area contributed by atoms with E-state index in [1.165, 1.54) is 6.08 Å². The van der Waals surface area contributed by atoms with Gasteiger partial charge in [0, 0.05) is 6.07 Å². The SMILES string of the molecule is C=CCOC(=O)NCCOc1ccc(Oc2ccccc2)cc1Cl. The third kappa shape index (κ3) is 5.85. The van der Waals surface area contributed by atoms with Gasteiger partial charge in [-0.05, 0) is 24.3 Å². The average Bonchev–Trinajstić information content (AvgIpc) is 2.59. The second kappa shape index (κ2) is 9.47. The molecule has 0 aromatic heterocycles. The molecule has 0 unspecified atom stereocenters. The first-order chi connectivity index (χ1) is 11.7. The summed E-state index contributed by atoms with van der Waals surface area (Å²) in [4.78, 5) is 11.2. The van der Waals surface area contributed by atoms with Gasteiger partial charge in [0.1, 0.15) is 30.5 Å². The Bertz CT molecular complexity index is 676. The second-order valence-electron chi connectivity index (χ2n) is 4.67. The lowest BCUT2D eigenvalue weighted by Crippen LogP contribution is -2.28. The number of halogens is 1. The van der Waals surface area contributed by atoms with Crippen molar-refractivity contribution in [3.05, 3.63) is 66.2 Å². The number of carbonyl (C=O) groups excluding carboxylic acids is 1. The van der Waals surface area contributed by atoms with E-state index < -0.39 is 6.09 Å². The molecule has 2 aromatic carbocycles. The van der Waals surface area contributed by atoms with Crippen molar-refractivity contribution in [2.45, 2.75) is 0 Å². The van der Waals surface area contributed by atoms with Gasteiger partial charge in [-0.3, -0.25) is 0 Å². The molecule has 1 amide bonds. The van der Waals surface area contributed by atoms with Crippen molar-refractivity contribution in [1.29, 1.82) is 0 Å². The van der Waals surface area contributed by atoms with Crippen molar-refractivity contribution < 1.29 is 19.0 Å². The second-order valence-corrected chi connectivity index (χ2v) is 5.08. The number of rotatable bonds is 8. The lowest BCUT2D eigenvalue weighted by Gasteiger charge is -2.11. The highest BCUT2D eigenvalue weighted by atomic mass is 35.5. The topological polar surface area (TPSA) is 56.8 Å². The molecule has 0 aliphatic rings. The Balaban J connectivity index is 1.80. The zero-order valence-electron chi connectivity index (χ0n) is 13.0. The van der Waals surface area contributed by atoms with Crippen molar-refractivity contribution in [3.63, 3.8) is 0 Å². The molecule has 0 atom stereocenters. The molecule has 1 N–H and O–H groups in total. The first-order valence-corrected chi connectivity index (χ1v) is 7.73. The van der Waals surface area contributed by atoms with Crippen molar-refractivity contribution in [2.24, 2.45) is 0 Å². The molecule has 0 aliphatic heterocycles. The van der Waals surface area contributed by atoms with Crippen LogP contribution in [0.15, 0.2) is 61.2 Å². The number of nitrogens with one attached hydrogen (secondary N) is 1. The van der Waals surface area contributed by atoms with Gasteiger partial charge in [-0.2, -0.15) is 0 Å². The van der Waals surface area contributed by atoms with Crippen LogP contribution in [-0.4, -0.2) is 25.9 Å². The quantitative estimate of drug-likeness (QED) is 0.567. The predicted octanol–water partition coefficient (Wildman–Crippen LogP) is 4.42. The number of hydrogen-bond acceptors (Lipinski definition) is 4. The minimum absolute atomic E-state index is 0.168. The summed E-state index contributed by atoms with van der Waals surface area (Å²) in [5.74, 6) is 1.85. The maximum absolute atomic E-state index is 11.2. The highest BCUT2D eigenvalue weighted by Crippen LogP contribution is 2.31. The van der Waals surface area contributed by atoms with Crippen LogP contribution in [0.1, 0.15) is 0 Å². The van der Waals surface area contributed by atoms with E-state index in [2.05, 4.69) is 11.9 Å². The van der Waals surface area contributed by atoms with Gasteiger partial charge in [0.25, 0.3) is 0 Å². The molecule has 0 radical (unpaired) electrons. The van der Waals surface area contributed by atoms with Crippen molar-refractivity contribution in [3.8, 4) is 17.2 Å². The third-order valence-corrected chi connectivity index (χ3v) is 3.14. The molecular formula is C18H18ClNO4. The van der Waals surface area contributed by atoms with E-state index in [4.69, 9.17) is 25.8 Å². The fourth-order valence-corrected chi connectivity index (χ4v) is 2.01. The zero-order chi connectivity index (χ0) is 17.2. The molecule has 0 fully saturated rings. The van der Waals surface area contributed by atoms with Gasteiger partial charge in [-0.25, -0.2) is 4.79 Å². The minimum atomic E-state index is -0.517. The van der Waals surface area contributed by atoms with Gasteiger partial charge >= 0.3 is 6.09 Å². The largest absolute Gasteiger partial charge is 0.490 e. The highest BCUT2D eigenvalue weighted by Gasteiger charge is 2.06. The molecular weight excluding hydrogens is 330 g/mol. The maximum atomic E-state index is 11.2. The van der Waals surface area contributed by atoms with Gasteiger partial charge in [0.15, 0.2) is 0 Å². The summed E-state index contributed by atoms with van der Waals surface area (Å²) in [5, 5.41) is 2.98. The first-order valence-electron chi connectivity index (χ1n) is 7.36. The Kier molecular flexibility index (Phi) is 6.98. The van der Waals surface area contributed by atoms with E-state index in [1.54, 1.807) is 18.2 Å². The Morgan fingerprint density at radius 3 is 2.67 bits per heavy atom. The van der Waals surface area contributed by atoms with Crippen LogP contribution < -0.4 is 14.8 Å². The molecule has 5 nitrogen and oxygen atoms in total. The number of para-hydroxylation sites is 1. The van der Waals surface area contributed by atoms with E-state index in [0.29, 0.717) is 23.1 Å². The molecule has 6 heteroatoms. The summed E-state index contributed by atoms with van der Waals surface area (Å²) in [5.41, 5.74) is 0. The van der Waals surface area contributed by atoms with Gasteiger partial charge in [0.05, 0.1) is 11.6 Å². The molecule has 0 heterocycles. The van der Waals surface area contributed by atoms with Crippen LogP contribution in [0.2, 0.25) is 5.02 Å². The number of benzene rings is 2. The number of ether oxygens (including phenoxy) is 3. The molecule has 2 aromatic rings. The van der Waals surface area contributed by atoms with Gasteiger partial charge in [0.2, 0.25) is 0 Å². The van der Waals surface area contributed by atoms with Crippen LogP contribution in [0.5, 0.6) is 17.2 Å². The van der Waals surface area contributed by atoms with E-state index in [-0.39, 0.29) is 13.2 Å². The first kappa shape index (κ1) is 17.7. The summed E-state index contributed by atoms with van der Waals surface area (Å²) in [6.45, 7) is 4.19. The van der Waals surface area contributed by atoms with E-state index in [1.807, 2.05) is 30.3 Å². The minimum Gasteiger partial charge on any atom is -0.490 e. The Morgan fingerprint density at radius 1 is 1.17 bits per heavy atom. The van der Waals surface area contributed by atoms with Crippen LogP contribution in [0.4, 0.5) is 4.79 Å². The standard InChI is InChI=1S/C18H18ClNO4/c1-2-11-23-18(21)20-10-12-22-17-9-8-15(13-16(17)19)24-14-6-4-3-5-7-14/h2-9,13H,1,10-12H2,(H,20,21). The number of hydrogen-bond donors (Lipinski definition) is 1. The smallest absolute Gasteiger partial charge is 0.407 e. The maximum Gasteiger partial charge on any atom is 0.407 e. The van der Waals surface area contributed by atoms with Gasteiger partial charge < -0.3 is 19.5 Å². The van der Waals surface area contributed by atoms with Crippen molar-refractivity contribution in [1.82, 2.24) is 5.32 Å². The van der Waals surface area contributed by atoms with Crippen LogP contribution in [0.3, 0.4) is 0 Å². The zero-order valence-corrected chi connectivity index (χ0v) is 13.8. The summed E-state index contributed by atoms with van der Waals surface area (Å²) in [7, 11) is 0. The van der Waals surface area contributed by atoms with Crippen molar-refractivity contribution >= 4 is 17.7 Å². The highest BCUT2D eigenvalue weighted by molar-refractivity contribution is 6.32. The number of amides is 1. The molecule has 24 heavy (non-hydrogen) atoms. The molecule has 0 saturated heterocycles. The number of alkyl carbamates (subject to hydrolysis) is 1. The van der Waals surface area contributed by atoms with Crippen LogP contribution in [-0.2, 0) is 4.74 Å². The van der Waals surface area contributed by atoms with Crippen LogP contribution >= 0.6 is 11.6 Å².